The molecule has 2 heterocycles. The van der Waals surface area contributed by atoms with Crippen LogP contribution in [0.5, 0.6) is 0 Å². The number of fused-ring (bicyclic) bond motifs is 1. The monoisotopic (exact) mass is 423 g/mol. The lowest BCUT2D eigenvalue weighted by Gasteiger charge is -2.26. The van der Waals surface area contributed by atoms with E-state index in [1.54, 1.807) is 6.07 Å². The lowest BCUT2D eigenvalue weighted by atomic mass is 9.87. The quantitative estimate of drug-likeness (QED) is 0.579. The van der Waals surface area contributed by atoms with Crippen molar-refractivity contribution in [2.45, 2.75) is 25.7 Å². The van der Waals surface area contributed by atoms with Gasteiger partial charge in [0.1, 0.15) is 5.82 Å². The predicted octanol–water partition coefficient (Wildman–Crippen LogP) is 3.84. The fourth-order valence-electron chi connectivity index (χ4n) is 4.39. The van der Waals surface area contributed by atoms with Gasteiger partial charge in [-0.25, -0.2) is 4.39 Å². The first-order chi connectivity index (χ1) is 15.2. The number of hydrogen-bond donors (Lipinski definition) is 2. The van der Waals surface area contributed by atoms with Crippen LogP contribution in [-0.2, 0) is 16.0 Å². The summed E-state index contributed by atoms with van der Waals surface area (Å²) in [6.45, 7) is 6.83. The van der Waals surface area contributed by atoms with Crippen LogP contribution in [0, 0.1) is 5.82 Å². The molecule has 5 nitrogen and oxygen atoms in total. The van der Waals surface area contributed by atoms with Crippen LogP contribution >= 0.6 is 0 Å². The molecule has 0 aliphatic carbocycles. The minimum atomic E-state index is -0.288. The number of halogens is 1. The van der Waals surface area contributed by atoms with E-state index in [1.165, 1.54) is 17.7 Å². The maximum Gasteiger partial charge on any atom is 0.220 e. The average Bonchev–Trinajstić information content (AvgIpc) is 3.22. The van der Waals surface area contributed by atoms with Gasteiger partial charge >= 0.3 is 0 Å². The summed E-state index contributed by atoms with van der Waals surface area (Å²) in [5, 5.41) is 4.14. The summed E-state index contributed by atoms with van der Waals surface area (Å²) >= 11 is 0. The number of rotatable bonds is 8. The van der Waals surface area contributed by atoms with Crippen molar-refractivity contribution in [2.75, 3.05) is 39.4 Å². The molecule has 1 aromatic heterocycles. The third kappa shape index (κ3) is 5.14. The smallest absolute Gasteiger partial charge is 0.220 e. The Kier molecular flexibility index (Phi) is 6.99. The van der Waals surface area contributed by atoms with Crippen LogP contribution in [-0.4, -0.2) is 55.2 Å². The highest BCUT2D eigenvalue weighted by Crippen LogP contribution is 2.34. The van der Waals surface area contributed by atoms with E-state index >= 15 is 0 Å². The van der Waals surface area contributed by atoms with Crippen LogP contribution in [0.1, 0.15) is 36.0 Å². The lowest BCUT2D eigenvalue weighted by molar-refractivity contribution is -0.121. The topological polar surface area (TPSA) is 57.4 Å². The summed E-state index contributed by atoms with van der Waals surface area (Å²) in [5.74, 6) is -0.534. The molecule has 2 N–H and O–H groups in total. The maximum atomic E-state index is 14.0. The molecule has 4 rings (SSSR count). The molecule has 0 radical (unpaired) electrons. The van der Waals surface area contributed by atoms with Gasteiger partial charge in [-0.1, -0.05) is 37.3 Å². The molecule has 31 heavy (non-hydrogen) atoms. The Hall–Kier alpha value is -2.70. The molecule has 1 fully saturated rings. The Balaban J connectivity index is 1.53. The van der Waals surface area contributed by atoms with Gasteiger partial charge in [0.15, 0.2) is 0 Å². The molecule has 6 heteroatoms. The van der Waals surface area contributed by atoms with Gasteiger partial charge in [0.05, 0.1) is 13.2 Å². The van der Waals surface area contributed by atoms with Gasteiger partial charge in [0, 0.05) is 55.6 Å². The molecule has 0 bridgehead atoms. The van der Waals surface area contributed by atoms with Crippen LogP contribution in [0.25, 0.3) is 10.9 Å². The third-order valence-electron chi connectivity index (χ3n) is 6.08. The van der Waals surface area contributed by atoms with Gasteiger partial charge in [-0.15, -0.1) is 0 Å². The van der Waals surface area contributed by atoms with Crippen molar-refractivity contribution in [3.63, 3.8) is 0 Å². The number of ether oxygens (including phenoxy) is 1. The molecule has 0 saturated carbocycles. The number of benzene rings is 2. The summed E-state index contributed by atoms with van der Waals surface area (Å²) in [7, 11) is 0. The predicted molar refractivity (Wildman–Crippen MR) is 121 cm³/mol. The van der Waals surface area contributed by atoms with Gasteiger partial charge in [-0.2, -0.15) is 0 Å². The summed E-state index contributed by atoms with van der Waals surface area (Å²) < 4.78 is 19.4. The molecule has 0 spiro atoms. The second kappa shape index (κ2) is 10.1. The van der Waals surface area contributed by atoms with Crippen molar-refractivity contribution in [3.05, 3.63) is 71.2 Å². The molecular formula is C25H30FN3O2. The zero-order valence-corrected chi connectivity index (χ0v) is 18.0. The minimum absolute atomic E-state index is 0.0245. The molecule has 1 atom stereocenters. The van der Waals surface area contributed by atoms with Crippen molar-refractivity contribution in [1.29, 1.82) is 0 Å². The number of hydrogen-bond acceptors (Lipinski definition) is 3. The van der Waals surface area contributed by atoms with Crippen LogP contribution in [0.15, 0.2) is 48.7 Å². The van der Waals surface area contributed by atoms with E-state index in [4.69, 9.17) is 4.74 Å². The van der Waals surface area contributed by atoms with E-state index in [2.05, 4.69) is 34.3 Å². The molecule has 3 aromatic rings. The summed E-state index contributed by atoms with van der Waals surface area (Å²) in [5.41, 5.74) is 4.16. The van der Waals surface area contributed by atoms with Crippen molar-refractivity contribution in [1.82, 2.24) is 15.2 Å². The number of carbonyl (C=O) groups is 1. The van der Waals surface area contributed by atoms with Gasteiger partial charge in [-0.05, 0) is 35.2 Å². The number of aromatic nitrogens is 1. The van der Waals surface area contributed by atoms with Crippen molar-refractivity contribution >= 4 is 16.8 Å². The van der Waals surface area contributed by atoms with Crippen LogP contribution in [0.4, 0.5) is 4.39 Å². The Morgan fingerprint density at radius 2 is 2.03 bits per heavy atom. The number of amides is 1. The van der Waals surface area contributed by atoms with Crippen LogP contribution in [0.2, 0.25) is 0 Å². The number of para-hydroxylation sites is 1. The molecule has 1 aliphatic heterocycles. The van der Waals surface area contributed by atoms with Gasteiger partial charge < -0.3 is 15.0 Å². The molecule has 1 aliphatic rings. The van der Waals surface area contributed by atoms with Crippen LogP contribution in [0.3, 0.4) is 0 Å². The first-order valence-electron chi connectivity index (χ1n) is 11.1. The van der Waals surface area contributed by atoms with Gasteiger partial charge in [0.2, 0.25) is 5.91 Å². The van der Waals surface area contributed by atoms with Gasteiger partial charge in [-0.3, -0.25) is 9.69 Å². The van der Waals surface area contributed by atoms with E-state index in [9.17, 15) is 9.18 Å². The number of carbonyl (C=O) groups excluding carboxylic acids is 1. The summed E-state index contributed by atoms with van der Waals surface area (Å²) in [4.78, 5) is 18.5. The highest BCUT2D eigenvalue weighted by atomic mass is 19.1. The Bertz CT molecular complexity index is 1030. The zero-order valence-electron chi connectivity index (χ0n) is 18.0. The van der Waals surface area contributed by atoms with E-state index < -0.39 is 0 Å². The maximum absolute atomic E-state index is 14.0. The lowest BCUT2D eigenvalue weighted by Crippen LogP contribution is -2.41. The second-order valence-electron chi connectivity index (χ2n) is 8.05. The Morgan fingerprint density at radius 1 is 1.23 bits per heavy atom. The standard InChI is InChI=1S/C25H30FN3O2/c1-2-18-5-4-8-21-23(17-28-25(18)21)22(19-6-3-7-20(26)15-19)16-24(30)27-9-10-29-11-13-31-14-12-29/h3-8,15,17,22,28H,2,9-14,16H2,1H3,(H,27,30)/t22-/m1/s1. The number of nitrogens with zero attached hydrogens (tertiary/aromatic N) is 1. The average molecular weight is 424 g/mol. The van der Waals surface area contributed by atoms with Crippen molar-refractivity contribution in [3.8, 4) is 0 Å². The molecule has 1 saturated heterocycles. The van der Waals surface area contributed by atoms with Gasteiger partial charge in [0.25, 0.3) is 0 Å². The molecule has 1 amide bonds. The number of nitrogens with one attached hydrogen (secondary N) is 2. The Morgan fingerprint density at radius 3 is 2.81 bits per heavy atom. The largest absolute Gasteiger partial charge is 0.379 e. The van der Waals surface area contributed by atoms with E-state index in [0.29, 0.717) is 6.54 Å². The highest BCUT2D eigenvalue weighted by molar-refractivity contribution is 5.88. The fraction of sp³-hybridized carbons (Fsp3) is 0.400. The van der Waals surface area contributed by atoms with Crippen molar-refractivity contribution in [2.24, 2.45) is 0 Å². The molecular weight excluding hydrogens is 393 g/mol. The minimum Gasteiger partial charge on any atom is -0.379 e. The second-order valence-corrected chi connectivity index (χ2v) is 8.05. The first kappa shape index (κ1) is 21.5. The third-order valence-corrected chi connectivity index (χ3v) is 6.08. The fourth-order valence-corrected chi connectivity index (χ4v) is 4.39. The normalized spacial score (nSPS) is 15.8. The number of H-pyrrole nitrogens is 1. The number of aryl methyl sites for hydroxylation is 1. The van der Waals surface area contributed by atoms with E-state index in [-0.39, 0.29) is 24.1 Å². The first-order valence-corrected chi connectivity index (χ1v) is 11.1. The van der Waals surface area contributed by atoms with Crippen LogP contribution < -0.4 is 5.32 Å². The SMILES string of the molecule is CCc1cccc2c([C@H](CC(=O)NCCN3CCOCC3)c3cccc(F)c3)c[nH]c12. The summed E-state index contributed by atoms with van der Waals surface area (Å²) in [6, 6.07) is 12.8. The molecule has 0 unspecified atom stereocenters. The zero-order chi connectivity index (χ0) is 21.6. The molecule has 164 valence electrons. The Labute approximate surface area is 182 Å². The number of aromatic amines is 1. The number of morpholine rings is 1. The highest BCUT2D eigenvalue weighted by Gasteiger charge is 2.22. The van der Waals surface area contributed by atoms with E-state index in [1.807, 2.05) is 18.3 Å². The molecule has 2 aromatic carbocycles. The van der Waals surface area contributed by atoms with Crippen molar-refractivity contribution < 1.29 is 13.9 Å². The summed E-state index contributed by atoms with van der Waals surface area (Å²) in [6.07, 6.45) is 3.17. The van der Waals surface area contributed by atoms with E-state index in [0.717, 1.165) is 61.3 Å².